The third-order valence-corrected chi connectivity index (χ3v) is 7.69. The van der Waals surface area contributed by atoms with Gasteiger partial charge in [0.2, 0.25) is 0 Å². The molecule has 30 heavy (non-hydrogen) atoms. The van der Waals surface area contributed by atoms with E-state index in [9.17, 15) is 0 Å². The second-order valence-electron chi connectivity index (χ2n) is 8.76. The van der Waals surface area contributed by atoms with Gasteiger partial charge in [-0.25, -0.2) is 0 Å². The number of nitrogens with zero attached hydrogens (tertiary/aromatic N) is 3. The van der Waals surface area contributed by atoms with Crippen molar-refractivity contribution in [3.05, 3.63) is 0 Å². The minimum absolute atomic E-state index is 0.00580. The summed E-state index contributed by atoms with van der Waals surface area (Å²) in [6.07, 6.45) is 12.3. The van der Waals surface area contributed by atoms with Gasteiger partial charge in [-0.2, -0.15) is 0 Å². The van der Waals surface area contributed by atoms with Gasteiger partial charge in [0.15, 0.2) is 0 Å². The molecule has 0 saturated carbocycles. The minimum atomic E-state index is -0.00580. The average Bonchev–Trinajstić information content (AvgIpc) is 2.78. The van der Waals surface area contributed by atoms with Crippen LogP contribution in [0.1, 0.15) is 71.6 Å². The van der Waals surface area contributed by atoms with Crippen LogP contribution in [0.5, 0.6) is 0 Å². The van der Waals surface area contributed by atoms with Gasteiger partial charge in [-0.05, 0) is 38.9 Å². The van der Waals surface area contributed by atoms with E-state index in [1.165, 1.54) is 123 Å². The van der Waals surface area contributed by atoms with E-state index in [0.29, 0.717) is 0 Å². The standard InChI is InChI=1S/C24H51N3O2Si/c1-5-7-9-11-14-25(15-12-10-8-6-2)17-20-27-21-18-26(19-22-27)16-13-23-30-24(28-3)29-4/h24H,5-23H2,1-4H3. The Bertz CT molecular complexity index is 352. The molecule has 1 saturated heterocycles. The summed E-state index contributed by atoms with van der Waals surface area (Å²) in [5.41, 5.74) is 0. The van der Waals surface area contributed by atoms with Crippen molar-refractivity contribution in [2.75, 3.05) is 73.1 Å². The fraction of sp³-hybridized carbons (Fsp3) is 1.00. The molecule has 1 aliphatic rings. The largest absolute Gasteiger partial charge is 0.360 e. The van der Waals surface area contributed by atoms with Gasteiger partial charge in [-0.1, -0.05) is 58.4 Å². The van der Waals surface area contributed by atoms with E-state index in [2.05, 4.69) is 28.5 Å². The average molecular weight is 442 g/mol. The van der Waals surface area contributed by atoms with Gasteiger partial charge < -0.3 is 19.3 Å². The molecule has 0 aromatic carbocycles. The van der Waals surface area contributed by atoms with Crippen LogP contribution in [0.2, 0.25) is 6.04 Å². The maximum absolute atomic E-state index is 5.29. The van der Waals surface area contributed by atoms with E-state index < -0.39 is 0 Å². The van der Waals surface area contributed by atoms with Crippen LogP contribution in [0, 0.1) is 0 Å². The second-order valence-corrected chi connectivity index (χ2v) is 10.1. The summed E-state index contributed by atoms with van der Waals surface area (Å²) < 4.78 is 10.6. The van der Waals surface area contributed by atoms with E-state index >= 15 is 0 Å². The Labute approximate surface area is 190 Å². The first kappa shape index (κ1) is 28.1. The molecule has 6 heteroatoms. The molecule has 0 aliphatic carbocycles. The van der Waals surface area contributed by atoms with Crippen LogP contribution < -0.4 is 0 Å². The molecule has 0 bridgehead atoms. The minimum Gasteiger partial charge on any atom is -0.360 e. The lowest BCUT2D eigenvalue weighted by atomic mass is 10.1. The van der Waals surface area contributed by atoms with Crippen molar-refractivity contribution in [1.29, 1.82) is 0 Å². The zero-order valence-corrected chi connectivity index (χ0v) is 21.7. The van der Waals surface area contributed by atoms with Crippen LogP contribution in [0.3, 0.4) is 0 Å². The van der Waals surface area contributed by atoms with Crippen LogP contribution in [0.25, 0.3) is 0 Å². The molecule has 178 valence electrons. The Kier molecular flexibility index (Phi) is 18.4. The van der Waals surface area contributed by atoms with Crippen molar-refractivity contribution in [2.45, 2.75) is 83.6 Å². The van der Waals surface area contributed by atoms with Crippen molar-refractivity contribution >= 4 is 9.52 Å². The fourth-order valence-electron chi connectivity index (χ4n) is 4.16. The maximum atomic E-state index is 5.29. The van der Waals surface area contributed by atoms with Gasteiger partial charge in [-0.3, -0.25) is 4.90 Å². The Balaban J connectivity index is 2.18. The summed E-state index contributed by atoms with van der Waals surface area (Å²) in [7, 11) is 4.22. The molecule has 1 rings (SSSR count). The molecule has 0 amide bonds. The molecule has 2 radical (unpaired) electrons. The number of rotatable bonds is 20. The summed E-state index contributed by atoms with van der Waals surface area (Å²) in [6.45, 7) is 15.9. The summed E-state index contributed by atoms with van der Waals surface area (Å²) in [5.74, 6) is -0.00580. The highest BCUT2D eigenvalue weighted by Gasteiger charge is 2.17. The molecule has 0 spiro atoms. The quantitative estimate of drug-likeness (QED) is 0.161. The zero-order valence-electron chi connectivity index (χ0n) is 20.7. The summed E-state index contributed by atoms with van der Waals surface area (Å²) in [6, 6.07) is 1.21. The smallest absolute Gasteiger partial charge is 0.136 e. The predicted molar refractivity (Wildman–Crippen MR) is 131 cm³/mol. The topological polar surface area (TPSA) is 28.2 Å². The lowest BCUT2D eigenvalue weighted by molar-refractivity contribution is -0.0441. The number of hydrogen-bond acceptors (Lipinski definition) is 5. The summed E-state index contributed by atoms with van der Waals surface area (Å²) in [4.78, 5) is 8.08. The molecule has 0 unspecified atom stereocenters. The number of ether oxygens (including phenoxy) is 2. The normalized spacial score (nSPS) is 16.2. The SMILES string of the molecule is CCCCCCN(CCCCCC)CCN1CCN(CCC[Si]C(OC)OC)CC1. The second kappa shape index (κ2) is 19.7. The van der Waals surface area contributed by atoms with Gasteiger partial charge in [-0.15, -0.1) is 0 Å². The Morgan fingerprint density at radius 2 is 1.23 bits per heavy atom. The lowest BCUT2D eigenvalue weighted by Gasteiger charge is -2.36. The highest BCUT2D eigenvalue weighted by molar-refractivity contribution is 6.36. The number of hydrogen-bond donors (Lipinski definition) is 0. The summed E-state index contributed by atoms with van der Waals surface area (Å²) >= 11 is 0. The Morgan fingerprint density at radius 3 is 1.73 bits per heavy atom. The molecular weight excluding hydrogens is 390 g/mol. The first-order chi connectivity index (χ1) is 14.7. The van der Waals surface area contributed by atoms with Crippen molar-refractivity contribution in [2.24, 2.45) is 0 Å². The van der Waals surface area contributed by atoms with Crippen LogP contribution in [-0.4, -0.2) is 103 Å². The van der Waals surface area contributed by atoms with Crippen LogP contribution >= 0.6 is 0 Å². The van der Waals surface area contributed by atoms with E-state index in [1.807, 2.05) is 0 Å². The van der Waals surface area contributed by atoms with Crippen molar-refractivity contribution < 1.29 is 9.47 Å². The molecule has 1 heterocycles. The van der Waals surface area contributed by atoms with Gasteiger partial charge >= 0.3 is 0 Å². The number of unbranched alkanes of at least 4 members (excludes halogenated alkanes) is 6. The Morgan fingerprint density at radius 1 is 0.700 bits per heavy atom. The van der Waals surface area contributed by atoms with E-state index in [4.69, 9.17) is 9.47 Å². The third-order valence-electron chi connectivity index (χ3n) is 6.24. The molecule has 1 fully saturated rings. The van der Waals surface area contributed by atoms with Gasteiger partial charge in [0.25, 0.3) is 0 Å². The van der Waals surface area contributed by atoms with E-state index in [0.717, 1.165) is 9.52 Å². The first-order valence-electron chi connectivity index (χ1n) is 12.7. The third kappa shape index (κ3) is 14.1. The van der Waals surface area contributed by atoms with Crippen LogP contribution in [-0.2, 0) is 9.47 Å². The monoisotopic (exact) mass is 441 g/mol. The van der Waals surface area contributed by atoms with Crippen LogP contribution in [0.4, 0.5) is 0 Å². The highest BCUT2D eigenvalue weighted by atomic mass is 28.2. The van der Waals surface area contributed by atoms with E-state index in [-0.39, 0.29) is 5.91 Å². The van der Waals surface area contributed by atoms with Crippen molar-refractivity contribution in [3.63, 3.8) is 0 Å². The predicted octanol–water partition coefficient (Wildman–Crippen LogP) is 4.16. The lowest BCUT2D eigenvalue weighted by Crippen LogP contribution is -2.48. The zero-order chi connectivity index (χ0) is 21.9. The number of piperazine rings is 1. The number of methoxy groups -OCH3 is 2. The highest BCUT2D eigenvalue weighted by Crippen LogP contribution is 2.08. The van der Waals surface area contributed by atoms with Crippen LogP contribution in [0.15, 0.2) is 0 Å². The van der Waals surface area contributed by atoms with Gasteiger partial charge in [0.05, 0.1) is 0 Å². The molecule has 5 nitrogen and oxygen atoms in total. The molecule has 0 N–H and O–H groups in total. The van der Waals surface area contributed by atoms with Gasteiger partial charge in [0.1, 0.15) is 15.4 Å². The fourth-order valence-corrected chi connectivity index (χ4v) is 5.10. The van der Waals surface area contributed by atoms with Crippen molar-refractivity contribution in [1.82, 2.24) is 14.7 Å². The molecule has 1 aliphatic heterocycles. The van der Waals surface area contributed by atoms with Crippen molar-refractivity contribution in [3.8, 4) is 0 Å². The van der Waals surface area contributed by atoms with E-state index in [1.54, 1.807) is 14.2 Å². The first-order valence-corrected chi connectivity index (χ1v) is 14.0. The van der Waals surface area contributed by atoms with Gasteiger partial charge in [0, 0.05) is 53.5 Å². The molecule has 0 aromatic heterocycles. The summed E-state index contributed by atoms with van der Waals surface area (Å²) in [5, 5.41) is 0. The maximum Gasteiger partial charge on any atom is 0.136 e. The Hall–Kier alpha value is 0.0169. The molecule has 0 aromatic rings. The molecule has 0 atom stereocenters. The molecular formula is C24H51N3O2Si.